The smallest absolute Gasteiger partial charge is 0.316 e. The van der Waals surface area contributed by atoms with Crippen molar-refractivity contribution in [2.45, 2.75) is 37.5 Å². The van der Waals surface area contributed by atoms with E-state index in [0.29, 0.717) is 10.6 Å². The maximum absolute atomic E-state index is 12.1. The molecule has 1 amide bonds. The quantitative estimate of drug-likeness (QED) is 0.584. The first-order valence-electron chi connectivity index (χ1n) is 8.77. The number of fused-ring (bicyclic) bond motifs is 1. The van der Waals surface area contributed by atoms with Gasteiger partial charge in [0.15, 0.2) is 6.61 Å². The molecule has 1 N–H and O–H groups in total. The maximum atomic E-state index is 12.1. The van der Waals surface area contributed by atoms with Gasteiger partial charge in [0.05, 0.1) is 11.3 Å². The molecule has 0 spiro atoms. The van der Waals surface area contributed by atoms with Crippen LogP contribution in [0, 0.1) is 18.3 Å². The van der Waals surface area contributed by atoms with E-state index < -0.39 is 11.9 Å². The lowest BCUT2D eigenvalue weighted by Gasteiger charge is -2.09. The highest BCUT2D eigenvalue weighted by atomic mass is 32.2. The van der Waals surface area contributed by atoms with Crippen molar-refractivity contribution in [1.29, 1.82) is 5.26 Å². The third kappa shape index (κ3) is 4.90. The Bertz CT molecular complexity index is 899. The second-order valence-corrected chi connectivity index (χ2v) is 8.41. The molecule has 1 aliphatic rings. The molecule has 0 fully saturated rings. The SMILES string of the molecule is Cc1ccccc1SCC(=O)OCC(=O)Nc1sc2c(c1C#N)CCCC2. The van der Waals surface area contributed by atoms with Gasteiger partial charge in [0, 0.05) is 9.77 Å². The maximum Gasteiger partial charge on any atom is 0.316 e. The Morgan fingerprint density at radius 1 is 1.30 bits per heavy atom. The van der Waals surface area contributed by atoms with Crippen molar-refractivity contribution >= 4 is 40.0 Å². The molecule has 3 rings (SSSR count). The minimum Gasteiger partial charge on any atom is -0.455 e. The number of hydrogen-bond donors (Lipinski definition) is 1. The topological polar surface area (TPSA) is 79.2 Å². The molecule has 0 bridgehead atoms. The molecule has 0 saturated carbocycles. The van der Waals surface area contributed by atoms with Crippen LogP contribution in [-0.4, -0.2) is 24.2 Å². The van der Waals surface area contributed by atoms with E-state index in [-0.39, 0.29) is 12.4 Å². The van der Waals surface area contributed by atoms with Crippen molar-refractivity contribution in [3.63, 3.8) is 0 Å². The second-order valence-electron chi connectivity index (χ2n) is 6.29. The fraction of sp³-hybridized carbons (Fsp3) is 0.350. The number of ether oxygens (including phenoxy) is 1. The van der Waals surface area contributed by atoms with Gasteiger partial charge in [-0.1, -0.05) is 18.2 Å². The molecule has 7 heteroatoms. The summed E-state index contributed by atoms with van der Waals surface area (Å²) < 4.78 is 5.06. The minimum absolute atomic E-state index is 0.148. The molecule has 140 valence electrons. The zero-order chi connectivity index (χ0) is 19.2. The standard InChI is InChI=1S/C20H20N2O3S2/c1-13-6-2-4-8-16(13)26-12-19(24)25-11-18(23)22-20-15(10-21)14-7-3-5-9-17(14)27-20/h2,4,6,8H,3,5,7,9,11-12H2,1H3,(H,22,23). The van der Waals surface area contributed by atoms with Gasteiger partial charge in [-0.3, -0.25) is 9.59 Å². The van der Waals surface area contributed by atoms with E-state index in [1.54, 1.807) is 0 Å². The summed E-state index contributed by atoms with van der Waals surface area (Å²) >= 11 is 2.85. The molecular formula is C20H20N2O3S2. The van der Waals surface area contributed by atoms with E-state index in [4.69, 9.17) is 4.74 Å². The number of benzene rings is 1. The average Bonchev–Trinajstić information content (AvgIpc) is 3.02. The first-order chi connectivity index (χ1) is 13.1. The van der Waals surface area contributed by atoms with Crippen LogP contribution < -0.4 is 5.32 Å². The third-order valence-corrected chi connectivity index (χ3v) is 6.70. The van der Waals surface area contributed by atoms with Crippen molar-refractivity contribution < 1.29 is 14.3 Å². The molecule has 5 nitrogen and oxygen atoms in total. The lowest BCUT2D eigenvalue weighted by Crippen LogP contribution is -2.21. The van der Waals surface area contributed by atoms with Crippen LogP contribution in [-0.2, 0) is 27.2 Å². The normalized spacial score (nSPS) is 12.7. The van der Waals surface area contributed by atoms with Crippen molar-refractivity contribution in [2.75, 3.05) is 17.7 Å². The van der Waals surface area contributed by atoms with Crippen LogP contribution in [0.15, 0.2) is 29.2 Å². The van der Waals surface area contributed by atoms with Gasteiger partial charge >= 0.3 is 5.97 Å². The van der Waals surface area contributed by atoms with E-state index in [1.165, 1.54) is 28.0 Å². The summed E-state index contributed by atoms with van der Waals surface area (Å²) in [5.74, 6) is -0.710. The molecule has 0 aliphatic heterocycles. The molecule has 0 atom stereocenters. The molecule has 1 aromatic heterocycles. The van der Waals surface area contributed by atoms with Gasteiger partial charge in [-0.15, -0.1) is 23.1 Å². The molecule has 0 saturated heterocycles. The Kier molecular flexibility index (Phi) is 6.54. The van der Waals surface area contributed by atoms with E-state index in [2.05, 4.69) is 11.4 Å². The number of hydrogen-bond acceptors (Lipinski definition) is 6. The first-order valence-corrected chi connectivity index (χ1v) is 10.6. The first kappa shape index (κ1) is 19.5. The summed E-state index contributed by atoms with van der Waals surface area (Å²) in [6.45, 7) is 1.63. The van der Waals surface area contributed by atoms with E-state index in [0.717, 1.165) is 41.7 Å². The zero-order valence-corrected chi connectivity index (χ0v) is 16.7. The molecule has 1 heterocycles. The van der Waals surface area contributed by atoms with Gasteiger partial charge in [-0.2, -0.15) is 5.26 Å². The number of amides is 1. The highest BCUT2D eigenvalue weighted by molar-refractivity contribution is 8.00. The van der Waals surface area contributed by atoms with Crippen LogP contribution in [0.3, 0.4) is 0 Å². The fourth-order valence-electron chi connectivity index (χ4n) is 2.98. The summed E-state index contributed by atoms with van der Waals surface area (Å²) in [7, 11) is 0. The predicted molar refractivity (Wildman–Crippen MR) is 107 cm³/mol. The van der Waals surface area contributed by atoms with Crippen molar-refractivity contribution in [1.82, 2.24) is 0 Å². The molecule has 2 aromatic rings. The molecule has 0 unspecified atom stereocenters. The molecule has 27 heavy (non-hydrogen) atoms. The Balaban J connectivity index is 1.50. The molecule has 0 radical (unpaired) electrons. The zero-order valence-electron chi connectivity index (χ0n) is 15.0. The summed E-state index contributed by atoms with van der Waals surface area (Å²) in [4.78, 5) is 26.2. The highest BCUT2D eigenvalue weighted by Crippen LogP contribution is 2.37. The van der Waals surface area contributed by atoms with Crippen molar-refractivity contribution in [3.05, 3.63) is 45.8 Å². The average molecular weight is 401 g/mol. The third-order valence-electron chi connectivity index (χ3n) is 4.34. The number of carbonyl (C=O) groups excluding carboxylic acids is 2. The summed E-state index contributed by atoms with van der Waals surface area (Å²) in [6, 6.07) is 9.99. The summed E-state index contributed by atoms with van der Waals surface area (Å²) in [6.07, 6.45) is 4.02. The fourth-order valence-corrected chi connectivity index (χ4v) is 5.06. The number of esters is 1. The largest absolute Gasteiger partial charge is 0.455 e. The monoisotopic (exact) mass is 400 g/mol. The summed E-state index contributed by atoms with van der Waals surface area (Å²) in [5, 5.41) is 12.7. The van der Waals surface area contributed by atoms with E-state index >= 15 is 0 Å². The number of carbonyl (C=O) groups is 2. The van der Waals surface area contributed by atoms with Gasteiger partial charge in [-0.25, -0.2) is 0 Å². The Hall–Kier alpha value is -2.30. The van der Waals surface area contributed by atoms with Gasteiger partial charge in [0.25, 0.3) is 5.91 Å². The second kappa shape index (κ2) is 9.07. The number of anilines is 1. The number of nitrogens with one attached hydrogen (secondary N) is 1. The number of thiophene rings is 1. The minimum atomic E-state index is -0.440. The summed E-state index contributed by atoms with van der Waals surface area (Å²) in [5.41, 5.74) is 2.72. The lowest BCUT2D eigenvalue weighted by atomic mass is 9.96. The van der Waals surface area contributed by atoms with Gasteiger partial charge in [0.1, 0.15) is 11.1 Å². The number of thioether (sulfide) groups is 1. The van der Waals surface area contributed by atoms with E-state index in [9.17, 15) is 14.9 Å². The number of nitriles is 1. The van der Waals surface area contributed by atoms with Crippen LogP contribution in [0.25, 0.3) is 0 Å². The lowest BCUT2D eigenvalue weighted by molar-refractivity contribution is -0.144. The number of nitrogens with zero attached hydrogens (tertiary/aromatic N) is 1. The van der Waals surface area contributed by atoms with Crippen LogP contribution in [0.5, 0.6) is 0 Å². The van der Waals surface area contributed by atoms with E-state index in [1.807, 2.05) is 31.2 Å². The molecule has 1 aromatic carbocycles. The molecule has 1 aliphatic carbocycles. The Morgan fingerprint density at radius 3 is 2.85 bits per heavy atom. The van der Waals surface area contributed by atoms with Gasteiger partial charge < -0.3 is 10.1 Å². The van der Waals surface area contributed by atoms with Crippen LogP contribution in [0.1, 0.15) is 34.4 Å². The molecular weight excluding hydrogens is 380 g/mol. The number of aryl methyl sites for hydroxylation is 2. The van der Waals surface area contributed by atoms with Gasteiger partial charge in [-0.05, 0) is 49.8 Å². The predicted octanol–water partition coefficient (Wildman–Crippen LogP) is 4.08. The van der Waals surface area contributed by atoms with Crippen LogP contribution in [0.4, 0.5) is 5.00 Å². The van der Waals surface area contributed by atoms with Crippen molar-refractivity contribution in [2.24, 2.45) is 0 Å². The van der Waals surface area contributed by atoms with Crippen LogP contribution in [0.2, 0.25) is 0 Å². The Labute approximate surface area is 166 Å². The number of rotatable bonds is 6. The van der Waals surface area contributed by atoms with Crippen LogP contribution >= 0.6 is 23.1 Å². The van der Waals surface area contributed by atoms with Crippen molar-refractivity contribution in [3.8, 4) is 6.07 Å². The Morgan fingerprint density at radius 2 is 2.07 bits per heavy atom. The highest BCUT2D eigenvalue weighted by Gasteiger charge is 2.22. The van der Waals surface area contributed by atoms with Gasteiger partial charge in [0.2, 0.25) is 0 Å².